The molecule has 0 unspecified atom stereocenters. The van der Waals surface area contributed by atoms with Crippen LogP contribution < -0.4 is 10.1 Å². The molecule has 7 nitrogen and oxygen atoms in total. The highest BCUT2D eigenvalue weighted by molar-refractivity contribution is 5.96. The number of carbonyl (C=O) groups is 1. The third-order valence-electron chi connectivity index (χ3n) is 4.67. The molecule has 0 aliphatic carbocycles. The lowest BCUT2D eigenvalue weighted by Gasteiger charge is -2.04. The van der Waals surface area contributed by atoms with Crippen molar-refractivity contribution in [2.24, 2.45) is 0 Å². The van der Waals surface area contributed by atoms with E-state index in [0.717, 1.165) is 22.2 Å². The molecule has 2 N–H and O–H groups in total. The average Bonchev–Trinajstić information content (AvgIpc) is 3.33. The molecule has 0 aliphatic rings. The molecular weight excluding hydrogens is 373 g/mol. The van der Waals surface area contributed by atoms with Gasteiger partial charge in [0.2, 0.25) is 0 Å². The first-order valence-corrected chi connectivity index (χ1v) is 9.17. The van der Waals surface area contributed by atoms with Crippen molar-refractivity contribution in [1.82, 2.24) is 20.0 Å². The maximum atomic E-state index is 13.1. The van der Waals surface area contributed by atoms with Crippen molar-refractivity contribution in [3.05, 3.63) is 65.7 Å². The number of hydrogen-bond donors (Lipinski definition) is 2. The lowest BCUT2D eigenvalue weighted by atomic mass is 10.1. The van der Waals surface area contributed by atoms with Gasteiger partial charge in [-0.25, -0.2) is 4.39 Å². The molecule has 4 rings (SSSR count). The third-order valence-corrected chi connectivity index (χ3v) is 4.67. The minimum Gasteiger partial charge on any atom is -0.497 e. The van der Waals surface area contributed by atoms with Crippen molar-refractivity contribution in [3.63, 3.8) is 0 Å². The van der Waals surface area contributed by atoms with Crippen LogP contribution in [0.1, 0.15) is 23.0 Å². The van der Waals surface area contributed by atoms with Crippen molar-refractivity contribution in [2.75, 3.05) is 19.0 Å². The molecule has 0 fully saturated rings. The van der Waals surface area contributed by atoms with Gasteiger partial charge in [-0.3, -0.25) is 4.79 Å². The number of Topliss-reactive ketones (excluding diaryl/α,β-unsaturated/α-hetero) is 1. The summed E-state index contributed by atoms with van der Waals surface area (Å²) in [5, 5.41) is 12.9. The molecule has 0 saturated heterocycles. The van der Waals surface area contributed by atoms with E-state index >= 15 is 0 Å². The van der Waals surface area contributed by atoms with Gasteiger partial charge in [-0.2, -0.15) is 0 Å². The minimum absolute atomic E-state index is 0.197. The highest BCUT2D eigenvalue weighted by Crippen LogP contribution is 2.24. The monoisotopic (exact) mass is 393 g/mol. The summed E-state index contributed by atoms with van der Waals surface area (Å²) >= 11 is 0. The molecule has 2 aromatic carbocycles. The van der Waals surface area contributed by atoms with E-state index in [-0.39, 0.29) is 17.3 Å². The van der Waals surface area contributed by atoms with Gasteiger partial charge >= 0.3 is 0 Å². The van der Waals surface area contributed by atoms with Gasteiger partial charge in [0, 0.05) is 30.6 Å². The van der Waals surface area contributed by atoms with Crippen molar-refractivity contribution < 1.29 is 13.9 Å². The smallest absolute Gasteiger partial charge is 0.183 e. The lowest BCUT2D eigenvalue weighted by Crippen LogP contribution is -2.08. The zero-order chi connectivity index (χ0) is 20.4. The van der Waals surface area contributed by atoms with Crippen LogP contribution in [0.4, 0.5) is 10.2 Å². The number of aromatic amines is 1. The van der Waals surface area contributed by atoms with Crippen LogP contribution in [0.25, 0.3) is 16.6 Å². The average molecular weight is 393 g/mol. The number of nitrogens with zero attached hydrogens (tertiary/aromatic N) is 3. The third kappa shape index (κ3) is 3.82. The fourth-order valence-electron chi connectivity index (χ4n) is 3.16. The van der Waals surface area contributed by atoms with Gasteiger partial charge in [0.05, 0.1) is 12.8 Å². The van der Waals surface area contributed by atoms with E-state index < -0.39 is 0 Å². The van der Waals surface area contributed by atoms with E-state index in [0.29, 0.717) is 24.5 Å². The van der Waals surface area contributed by atoms with Gasteiger partial charge in [-0.1, -0.05) is 0 Å². The van der Waals surface area contributed by atoms with Crippen LogP contribution in [0.3, 0.4) is 0 Å². The van der Waals surface area contributed by atoms with Gasteiger partial charge in [0.25, 0.3) is 0 Å². The Labute approximate surface area is 166 Å². The number of carbonyl (C=O) groups excluding carboxylic acids is 1. The molecule has 148 valence electrons. The second-order valence-electron chi connectivity index (χ2n) is 6.62. The molecule has 2 heterocycles. The Morgan fingerprint density at radius 3 is 2.72 bits per heavy atom. The second-order valence-corrected chi connectivity index (χ2v) is 6.62. The predicted octanol–water partition coefficient (Wildman–Crippen LogP) is 3.75. The van der Waals surface area contributed by atoms with Crippen LogP contribution in [-0.4, -0.2) is 39.4 Å². The number of H-pyrrole nitrogens is 1. The van der Waals surface area contributed by atoms with E-state index in [4.69, 9.17) is 4.74 Å². The van der Waals surface area contributed by atoms with Gasteiger partial charge in [-0.15, -0.1) is 15.0 Å². The first kappa shape index (κ1) is 18.7. The Balaban J connectivity index is 1.52. The van der Waals surface area contributed by atoms with Crippen molar-refractivity contribution in [2.45, 2.75) is 13.3 Å². The molecule has 0 radical (unpaired) electrons. The summed E-state index contributed by atoms with van der Waals surface area (Å²) in [6.45, 7) is 2.00. The molecule has 0 atom stereocenters. The number of benzene rings is 2. The van der Waals surface area contributed by atoms with Gasteiger partial charge in [-0.05, 0) is 54.4 Å². The summed E-state index contributed by atoms with van der Waals surface area (Å²) < 4.78 is 18.5. The second kappa shape index (κ2) is 7.75. The fraction of sp³-hybridized carbons (Fsp3) is 0.190. The van der Waals surface area contributed by atoms with E-state index in [1.165, 1.54) is 23.9 Å². The summed E-state index contributed by atoms with van der Waals surface area (Å²) in [5.74, 6) is 0.658. The topological polar surface area (TPSA) is 84.8 Å². The van der Waals surface area contributed by atoms with Crippen molar-refractivity contribution in [3.8, 4) is 11.4 Å². The first-order chi connectivity index (χ1) is 14.0. The Bertz CT molecular complexity index is 1160. The number of ketones is 1. The lowest BCUT2D eigenvalue weighted by molar-refractivity contribution is 0.101. The van der Waals surface area contributed by atoms with Crippen LogP contribution in [0.5, 0.6) is 5.75 Å². The van der Waals surface area contributed by atoms with Crippen LogP contribution in [0.2, 0.25) is 0 Å². The summed E-state index contributed by atoms with van der Waals surface area (Å²) in [7, 11) is 1.64. The molecule has 0 aliphatic heterocycles. The van der Waals surface area contributed by atoms with E-state index in [9.17, 15) is 9.18 Å². The molecule has 8 heteroatoms. The highest BCUT2D eigenvalue weighted by atomic mass is 19.1. The largest absolute Gasteiger partial charge is 0.497 e. The Hall–Kier alpha value is -3.68. The molecule has 0 amide bonds. The summed E-state index contributed by atoms with van der Waals surface area (Å²) in [4.78, 5) is 16.5. The van der Waals surface area contributed by atoms with Gasteiger partial charge in [0.15, 0.2) is 17.3 Å². The number of halogens is 1. The Morgan fingerprint density at radius 1 is 1.21 bits per heavy atom. The SMILES string of the molecule is COc1ccc2[nH]cc(CCNc3nn(-c4ccc(F)cc4)nc3C(C)=O)c2c1. The normalized spacial score (nSPS) is 11.0. The number of ether oxygens (including phenoxy) is 1. The number of hydrogen-bond acceptors (Lipinski definition) is 5. The number of rotatable bonds is 7. The predicted molar refractivity (Wildman–Crippen MR) is 108 cm³/mol. The Kier molecular flexibility index (Phi) is 4.99. The number of anilines is 1. The zero-order valence-corrected chi connectivity index (χ0v) is 16.1. The summed E-state index contributed by atoms with van der Waals surface area (Å²) in [6.07, 6.45) is 2.68. The number of fused-ring (bicyclic) bond motifs is 1. The van der Waals surface area contributed by atoms with E-state index in [2.05, 4.69) is 20.5 Å². The van der Waals surface area contributed by atoms with Crippen LogP contribution in [0.15, 0.2) is 48.7 Å². The van der Waals surface area contributed by atoms with Crippen LogP contribution in [-0.2, 0) is 6.42 Å². The Morgan fingerprint density at radius 2 is 2.00 bits per heavy atom. The number of aromatic nitrogens is 4. The van der Waals surface area contributed by atoms with Gasteiger partial charge < -0.3 is 15.0 Å². The molecule has 29 heavy (non-hydrogen) atoms. The molecule has 0 spiro atoms. The minimum atomic E-state index is -0.346. The molecule has 4 aromatic rings. The fourth-order valence-corrected chi connectivity index (χ4v) is 3.16. The van der Waals surface area contributed by atoms with Gasteiger partial charge in [0.1, 0.15) is 11.6 Å². The molecule has 0 saturated carbocycles. The summed E-state index contributed by atoms with van der Waals surface area (Å²) in [5.41, 5.74) is 2.98. The molecule has 0 bridgehead atoms. The quantitative estimate of drug-likeness (QED) is 0.467. The standard InChI is InChI=1S/C21H20FN5O2/c1-13(28)20-21(26-27(25-20)16-5-3-15(22)4-6-16)23-10-9-14-12-24-19-8-7-17(29-2)11-18(14)19/h3-8,11-12,24H,9-10H2,1-2H3,(H,23,26). The van der Waals surface area contributed by atoms with E-state index in [1.807, 2.05) is 24.4 Å². The van der Waals surface area contributed by atoms with Crippen molar-refractivity contribution >= 4 is 22.5 Å². The van der Waals surface area contributed by atoms with Crippen LogP contribution >= 0.6 is 0 Å². The van der Waals surface area contributed by atoms with Crippen LogP contribution in [0, 0.1) is 5.82 Å². The highest BCUT2D eigenvalue weighted by Gasteiger charge is 2.16. The van der Waals surface area contributed by atoms with Crippen molar-refractivity contribution in [1.29, 1.82) is 0 Å². The van der Waals surface area contributed by atoms with E-state index in [1.54, 1.807) is 19.2 Å². The maximum absolute atomic E-state index is 13.1. The number of nitrogens with one attached hydrogen (secondary N) is 2. The molecule has 2 aromatic heterocycles. The molecular formula is C21H20FN5O2. The summed E-state index contributed by atoms with van der Waals surface area (Å²) in [6, 6.07) is 11.6. The first-order valence-electron chi connectivity index (χ1n) is 9.17. The number of methoxy groups -OCH3 is 1. The maximum Gasteiger partial charge on any atom is 0.183 e. The zero-order valence-electron chi connectivity index (χ0n) is 16.1.